The molecule has 0 spiro atoms. The van der Waals surface area contributed by atoms with Crippen LogP contribution in [0.4, 0.5) is 0 Å². The summed E-state index contributed by atoms with van der Waals surface area (Å²) >= 11 is 1.91. The van der Waals surface area contributed by atoms with Gasteiger partial charge < -0.3 is 10.2 Å². The summed E-state index contributed by atoms with van der Waals surface area (Å²) in [6, 6.07) is 0.648. The highest BCUT2D eigenvalue weighted by atomic mass is 35.5. The van der Waals surface area contributed by atoms with Crippen LogP contribution in [0.5, 0.6) is 0 Å². The van der Waals surface area contributed by atoms with E-state index in [1.165, 1.54) is 0 Å². The third kappa shape index (κ3) is 3.41. The van der Waals surface area contributed by atoms with E-state index in [4.69, 9.17) is 0 Å². The van der Waals surface area contributed by atoms with Crippen molar-refractivity contribution in [2.24, 2.45) is 0 Å². The van der Waals surface area contributed by atoms with E-state index in [1.807, 2.05) is 28.3 Å². The van der Waals surface area contributed by atoms with Crippen molar-refractivity contribution in [3.8, 4) is 0 Å². The molecule has 0 bridgehead atoms. The first-order chi connectivity index (χ1) is 10.2. The van der Waals surface area contributed by atoms with Crippen LogP contribution in [0.1, 0.15) is 42.0 Å². The number of rotatable bonds is 2. The van der Waals surface area contributed by atoms with Gasteiger partial charge in [-0.15, -0.1) is 17.5 Å². The third-order valence-electron chi connectivity index (χ3n) is 4.41. The van der Waals surface area contributed by atoms with E-state index < -0.39 is 0 Å². The van der Waals surface area contributed by atoms with E-state index in [9.17, 15) is 4.79 Å². The number of aromatic nitrogens is 3. The molecule has 3 heterocycles. The highest BCUT2D eigenvalue weighted by Gasteiger charge is 2.29. The molecule has 1 unspecified atom stereocenters. The summed E-state index contributed by atoms with van der Waals surface area (Å²) < 4.78 is 1.96. The Morgan fingerprint density at radius 2 is 2.09 bits per heavy atom. The normalized spacial score (nSPS) is 23.2. The molecule has 2 aliphatic heterocycles. The van der Waals surface area contributed by atoms with Gasteiger partial charge in [-0.1, -0.05) is 5.21 Å². The number of thioether (sulfide) groups is 1. The van der Waals surface area contributed by atoms with Crippen LogP contribution in [0.2, 0.25) is 0 Å². The predicted octanol–water partition coefficient (Wildman–Crippen LogP) is 1.51. The Balaban J connectivity index is 0.00000176. The van der Waals surface area contributed by atoms with Gasteiger partial charge >= 0.3 is 0 Å². The Bertz CT molecular complexity index is 517. The average molecular weight is 346 g/mol. The molecule has 124 valence electrons. The highest BCUT2D eigenvalue weighted by Crippen LogP contribution is 2.23. The van der Waals surface area contributed by atoms with Crippen LogP contribution in [-0.2, 0) is 0 Å². The predicted molar refractivity (Wildman–Crippen MR) is 91.0 cm³/mol. The molecule has 1 aromatic rings. The van der Waals surface area contributed by atoms with Gasteiger partial charge in [-0.25, -0.2) is 4.68 Å². The molecule has 1 aromatic heterocycles. The smallest absolute Gasteiger partial charge is 0.276 e. The van der Waals surface area contributed by atoms with Crippen molar-refractivity contribution in [2.45, 2.75) is 38.8 Å². The van der Waals surface area contributed by atoms with Crippen LogP contribution in [0.25, 0.3) is 0 Å². The Hall–Kier alpha value is -0.790. The van der Waals surface area contributed by atoms with Crippen LogP contribution in [-0.4, -0.2) is 63.0 Å². The Morgan fingerprint density at radius 3 is 2.77 bits per heavy atom. The van der Waals surface area contributed by atoms with Crippen molar-refractivity contribution in [3.05, 3.63) is 11.4 Å². The average Bonchev–Trinajstić information content (AvgIpc) is 2.90. The maximum Gasteiger partial charge on any atom is 0.276 e. The molecule has 2 saturated heterocycles. The Morgan fingerprint density at radius 1 is 1.36 bits per heavy atom. The number of hydrogen-bond donors (Lipinski definition) is 1. The summed E-state index contributed by atoms with van der Waals surface area (Å²) in [7, 11) is 0. The summed E-state index contributed by atoms with van der Waals surface area (Å²) in [5.74, 6) is 2.06. The van der Waals surface area contributed by atoms with E-state index in [0.717, 1.165) is 49.7 Å². The second-order valence-corrected chi connectivity index (χ2v) is 7.02. The van der Waals surface area contributed by atoms with Crippen molar-refractivity contribution in [2.75, 3.05) is 31.1 Å². The van der Waals surface area contributed by atoms with E-state index in [0.29, 0.717) is 11.7 Å². The zero-order chi connectivity index (χ0) is 14.8. The lowest BCUT2D eigenvalue weighted by Gasteiger charge is -2.32. The first kappa shape index (κ1) is 17.6. The largest absolute Gasteiger partial charge is 0.333 e. The Labute approximate surface area is 141 Å². The topological polar surface area (TPSA) is 63.1 Å². The number of nitrogens with zero attached hydrogens (tertiary/aromatic N) is 4. The van der Waals surface area contributed by atoms with Gasteiger partial charge in [-0.05, 0) is 39.8 Å². The fourth-order valence-corrected chi connectivity index (χ4v) is 4.11. The van der Waals surface area contributed by atoms with Crippen molar-refractivity contribution in [1.29, 1.82) is 0 Å². The molecule has 6 nitrogen and oxygen atoms in total. The molecule has 0 radical (unpaired) electrons. The third-order valence-corrected chi connectivity index (χ3v) is 5.60. The van der Waals surface area contributed by atoms with Crippen LogP contribution < -0.4 is 5.32 Å². The van der Waals surface area contributed by atoms with Crippen LogP contribution >= 0.6 is 24.2 Å². The quantitative estimate of drug-likeness (QED) is 0.880. The van der Waals surface area contributed by atoms with Gasteiger partial charge in [0, 0.05) is 24.1 Å². The van der Waals surface area contributed by atoms with Crippen LogP contribution in [0.3, 0.4) is 0 Å². The molecule has 0 saturated carbocycles. The van der Waals surface area contributed by atoms with E-state index in [2.05, 4.69) is 22.6 Å². The fourth-order valence-electron chi connectivity index (χ4n) is 3.10. The minimum Gasteiger partial charge on any atom is -0.333 e. The van der Waals surface area contributed by atoms with Gasteiger partial charge in [0.05, 0.1) is 11.7 Å². The second kappa shape index (κ2) is 7.66. The van der Waals surface area contributed by atoms with E-state index in [1.54, 1.807) is 0 Å². The van der Waals surface area contributed by atoms with Crippen molar-refractivity contribution >= 4 is 30.1 Å². The number of amides is 1. The van der Waals surface area contributed by atoms with Gasteiger partial charge in [-0.2, -0.15) is 11.8 Å². The van der Waals surface area contributed by atoms with Gasteiger partial charge in [0.2, 0.25) is 0 Å². The highest BCUT2D eigenvalue weighted by molar-refractivity contribution is 7.99. The van der Waals surface area contributed by atoms with E-state index >= 15 is 0 Å². The van der Waals surface area contributed by atoms with Crippen LogP contribution in [0.15, 0.2) is 0 Å². The van der Waals surface area contributed by atoms with Crippen molar-refractivity contribution < 1.29 is 4.79 Å². The SMILES string of the molecule is Cc1c(C(=O)N2CCSCC2C)nnn1C1CCNCC1.Cl. The van der Waals surface area contributed by atoms with Crippen molar-refractivity contribution in [1.82, 2.24) is 25.2 Å². The Kier molecular flexibility index (Phi) is 6.11. The molecule has 2 aliphatic rings. The number of carbonyl (C=O) groups is 1. The van der Waals surface area contributed by atoms with Gasteiger partial charge in [0.1, 0.15) is 0 Å². The lowest BCUT2D eigenvalue weighted by molar-refractivity contribution is 0.0709. The molecular formula is C14H24ClN5OS. The maximum absolute atomic E-state index is 12.7. The van der Waals surface area contributed by atoms with Gasteiger partial charge in [-0.3, -0.25) is 4.79 Å². The number of piperidine rings is 1. The van der Waals surface area contributed by atoms with Crippen LogP contribution in [0, 0.1) is 6.92 Å². The van der Waals surface area contributed by atoms with Crippen molar-refractivity contribution in [3.63, 3.8) is 0 Å². The summed E-state index contributed by atoms with van der Waals surface area (Å²) in [6.07, 6.45) is 2.10. The summed E-state index contributed by atoms with van der Waals surface area (Å²) in [5.41, 5.74) is 1.45. The molecule has 1 N–H and O–H groups in total. The number of hydrogen-bond acceptors (Lipinski definition) is 5. The minimum absolute atomic E-state index is 0. The van der Waals surface area contributed by atoms with E-state index in [-0.39, 0.29) is 24.4 Å². The first-order valence-corrected chi connectivity index (χ1v) is 8.85. The zero-order valence-electron chi connectivity index (χ0n) is 13.1. The maximum atomic E-state index is 12.7. The number of carbonyl (C=O) groups excluding carboxylic acids is 1. The molecule has 2 fully saturated rings. The lowest BCUT2D eigenvalue weighted by atomic mass is 10.1. The number of halogens is 1. The summed E-state index contributed by atoms with van der Waals surface area (Å²) in [6.45, 7) is 6.90. The zero-order valence-corrected chi connectivity index (χ0v) is 14.8. The number of nitrogens with one attached hydrogen (secondary N) is 1. The molecule has 22 heavy (non-hydrogen) atoms. The fraction of sp³-hybridized carbons (Fsp3) is 0.786. The molecule has 1 amide bonds. The second-order valence-electron chi connectivity index (χ2n) is 5.87. The molecule has 8 heteroatoms. The molecule has 0 aromatic carbocycles. The van der Waals surface area contributed by atoms with Gasteiger partial charge in [0.15, 0.2) is 5.69 Å². The molecule has 0 aliphatic carbocycles. The molecule has 1 atom stereocenters. The molecule has 3 rings (SSSR count). The monoisotopic (exact) mass is 345 g/mol. The van der Waals surface area contributed by atoms with Gasteiger partial charge in [0.25, 0.3) is 5.91 Å². The molecular weight excluding hydrogens is 322 g/mol. The summed E-state index contributed by atoms with van der Waals surface area (Å²) in [4.78, 5) is 14.7. The first-order valence-electron chi connectivity index (χ1n) is 7.69. The summed E-state index contributed by atoms with van der Waals surface area (Å²) in [5, 5.41) is 11.8. The standard InChI is InChI=1S/C14H23N5OS.ClH/c1-10-9-21-8-7-18(10)14(20)13-11(2)19(17-16-13)12-3-5-15-6-4-12;/h10,12,15H,3-9H2,1-2H3;1H. The lowest BCUT2D eigenvalue weighted by Crippen LogP contribution is -2.44. The minimum atomic E-state index is 0.